The van der Waals surface area contributed by atoms with Gasteiger partial charge in [-0.15, -0.1) is 5.10 Å². The Morgan fingerprint density at radius 2 is 1.91 bits per heavy atom. The van der Waals surface area contributed by atoms with E-state index in [1.165, 1.54) is 25.9 Å². The largest absolute Gasteiger partial charge is 0.492 e. The average Bonchev–Trinajstić information content (AvgIpc) is 3.59. The van der Waals surface area contributed by atoms with Gasteiger partial charge in [-0.05, 0) is 62.3 Å². The third-order valence-corrected chi connectivity index (χ3v) is 5.73. The Morgan fingerprint density at radius 1 is 1.06 bits per heavy atom. The molecule has 1 saturated heterocycles. The normalized spacial score (nSPS) is 13.9. The molecule has 5 rings (SSSR count). The van der Waals surface area contributed by atoms with Crippen molar-refractivity contribution in [2.45, 2.75) is 25.8 Å². The maximum Gasteiger partial charge on any atom is 0.247 e. The Labute approximate surface area is 192 Å². The lowest BCUT2D eigenvalue weighted by atomic mass is 10.2. The summed E-state index contributed by atoms with van der Waals surface area (Å²) in [7, 11) is 0. The minimum Gasteiger partial charge on any atom is -0.492 e. The van der Waals surface area contributed by atoms with Crippen molar-refractivity contribution in [2.75, 3.05) is 31.6 Å². The molecule has 0 spiro atoms. The molecule has 1 aliphatic heterocycles. The molecule has 1 fully saturated rings. The maximum atomic E-state index is 8.78. The van der Waals surface area contributed by atoms with Gasteiger partial charge in [0.15, 0.2) is 5.65 Å². The molecule has 0 saturated carbocycles. The molecule has 0 unspecified atom stereocenters. The molecule has 168 valence electrons. The first-order valence-electron chi connectivity index (χ1n) is 11.3. The highest BCUT2D eigenvalue weighted by Gasteiger charge is 2.12. The molecule has 4 aromatic rings. The summed E-state index contributed by atoms with van der Waals surface area (Å²) >= 11 is 0. The molecule has 4 heterocycles. The minimum atomic E-state index is 0.422. The lowest BCUT2D eigenvalue weighted by Gasteiger charge is -2.15. The van der Waals surface area contributed by atoms with Crippen molar-refractivity contribution < 1.29 is 4.74 Å². The van der Waals surface area contributed by atoms with Gasteiger partial charge in [0.1, 0.15) is 12.4 Å². The topological polar surface area (TPSA) is 96.3 Å². The summed E-state index contributed by atoms with van der Waals surface area (Å²) in [6, 6.07) is 15.8. The van der Waals surface area contributed by atoms with E-state index in [-0.39, 0.29) is 0 Å². The Bertz CT molecular complexity index is 1250. The molecule has 0 aliphatic carbocycles. The van der Waals surface area contributed by atoms with E-state index in [1.54, 1.807) is 15.4 Å². The summed E-state index contributed by atoms with van der Waals surface area (Å²) in [5, 5.41) is 21.0. The van der Waals surface area contributed by atoms with Gasteiger partial charge in [0.2, 0.25) is 5.95 Å². The fraction of sp³-hybridized carbons (Fsp3) is 0.333. The van der Waals surface area contributed by atoms with Gasteiger partial charge in [0.25, 0.3) is 0 Å². The first kappa shape index (κ1) is 21.0. The number of pyridine rings is 1. The van der Waals surface area contributed by atoms with Crippen molar-refractivity contribution in [3.8, 4) is 23.1 Å². The van der Waals surface area contributed by atoms with Crippen LogP contribution in [0.25, 0.3) is 16.9 Å². The van der Waals surface area contributed by atoms with Crippen molar-refractivity contribution >= 4 is 17.3 Å². The number of hydrogen-bond donors (Lipinski definition) is 1. The second-order valence-electron chi connectivity index (χ2n) is 8.06. The van der Waals surface area contributed by atoms with Crippen LogP contribution in [0.15, 0.2) is 54.9 Å². The minimum absolute atomic E-state index is 0.422. The van der Waals surface area contributed by atoms with Crippen LogP contribution in [0.4, 0.5) is 11.6 Å². The molecule has 33 heavy (non-hydrogen) atoms. The molecule has 9 nitrogen and oxygen atoms in total. The van der Waals surface area contributed by atoms with E-state index in [9.17, 15) is 0 Å². The lowest BCUT2D eigenvalue weighted by Crippen LogP contribution is -2.25. The second kappa shape index (κ2) is 9.71. The number of hydrogen-bond acceptors (Lipinski definition) is 7. The van der Waals surface area contributed by atoms with Gasteiger partial charge >= 0.3 is 0 Å². The predicted octanol–water partition coefficient (Wildman–Crippen LogP) is 3.72. The molecule has 1 aromatic carbocycles. The van der Waals surface area contributed by atoms with E-state index in [1.807, 2.05) is 48.7 Å². The number of aromatic nitrogens is 5. The van der Waals surface area contributed by atoms with Crippen LogP contribution in [0.2, 0.25) is 0 Å². The first-order chi connectivity index (χ1) is 16.3. The van der Waals surface area contributed by atoms with Crippen LogP contribution in [-0.2, 0) is 6.54 Å². The Balaban J connectivity index is 1.25. The lowest BCUT2D eigenvalue weighted by molar-refractivity contribution is 0.238. The second-order valence-corrected chi connectivity index (χ2v) is 8.06. The molecule has 3 aromatic heterocycles. The van der Waals surface area contributed by atoms with Crippen LogP contribution >= 0.6 is 0 Å². The number of rotatable bonds is 9. The summed E-state index contributed by atoms with van der Waals surface area (Å²) in [6.45, 7) is 4.61. The van der Waals surface area contributed by atoms with Gasteiger partial charge in [0.05, 0.1) is 30.9 Å². The summed E-state index contributed by atoms with van der Waals surface area (Å²) in [5.74, 6) is 1.38. The molecule has 9 heteroatoms. The van der Waals surface area contributed by atoms with E-state index in [0.29, 0.717) is 25.5 Å². The zero-order chi connectivity index (χ0) is 22.5. The molecule has 0 bridgehead atoms. The summed E-state index contributed by atoms with van der Waals surface area (Å²) < 4.78 is 9.44. The zero-order valence-corrected chi connectivity index (χ0v) is 18.4. The molecule has 0 atom stereocenters. The smallest absolute Gasteiger partial charge is 0.247 e. The molecular weight excluding hydrogens is 416 g/mol. The molecule has 1 aliphatic rings. The fourth-order valence-corrected chi connectivity index (χ4v) is 4.02. The maximum absolute atomic E-state index is 8.78. The number of nitrogens with one attached hydrogen (secondary N) is 1. The monoisotopic (exact) mass is 442 g/mol. The van der Waals surface area contributed by atoms with E-state index >= 15 is 0 Å². The van der Waals surface area contributed by atoms with Gasteiger partial charge in [0, 0.05) is 24.0 Å². The number of fused-ring (bicyclic) bond motifs is 1. The third-order valence-electron chi connectivity index (χ3n) is 5.73. The SMILES string of the molecule is N#CCCn1cc(-c2cccc3nc(Nc4ccc(OCCN5CCCC5)cc4)nn23)cn1. The third kappa shape index (κ3) is 4.96. The number of anilines is 2. The summed E-state index contributed by atoms with van der Waals surface area (Å²) in [5.41, 5.74) is 3.44. The van der Waals surface area contributed by atoms with Crippen molar-refractivity contribution in [1.29, 1.82) is 5.26 Å². The average molecular weight is 443 g/mol. The highest BCUT2D eigenvalue weighted by Crippen LogP contribution is 2.23. The van der Waals surface area contributed by atoms with Crippen molar-refractivity contribution in [3.63, 3.8) is 0 Å². The quantitative estimate of drug-likeness (QED) is 0.422. The van der Waals surface area contributed by atoms with Crippen LogP contribution < -0.4 is 10.1 Å². The van der Waals surface area contributed by atoms with Gasteiger partial charge in [-0.3, -0.25) is 9.58 Å². The Hall–Kier alpha value is -3.90. The number of benzene rings is 1. The molecular formula is C24H26N8O. The van der Waals surface area contributed by atoms with E-state index in [2.05, 4.69) is 31.5 Å². The van der Waals surface area contributed by atoms with Crippen molar-refractivity contribution in [3.05, 3.63) is 54.9 Å². The van der Waals surface area contributed by atoms with E-state index < -0.39 is 0 Å². The first-order valence-corrected chi connectivity index (χ1v) is 11.3. The van der Waals surface area contributed by atoms with Crippen LogP contribution in [-0.4, -0.2) is 55.5 Å². The number of nitrogens with zero attached hydrogens (tertiary/aromatic N) is 7. The number of aryl methyl sites for hydroxylation is 1. The van der Waals surface area contributed by atoms with Gasteiger partial charge < -0.3 is 10.1 Å². The van der Waals surface area contributed by atoms with Crippen LogP contribution in [0.5, 0.6) is 5.75 Å². The fourth-order valence-electron chi connectivity index (χ4n) is 4.02. The summed E-state index contributed by atoms with van der Waals surface area (Å²) in [4.78, 5) is 7.04. The zero-order valence-electron chi connectivity index (χ0n) is 18.4. The number of ether oxygens (including phenoxy) is 1. The predicted molar refractivity (Wildman–Crippen MR) is 125 cm³/mol. The molecule has 0 amide bonds. The van der Waals surface area contributed by atoms with E-state index in [4.69, 9.17) is 10.00 Å². The summed E-state index contributed by atoms with van der Waals surface area (Å²) in [6.07, 6.45) is 6.72. The van der Waals surface area contributed by atoms with Gasteiger partial charge in [-0.25, -0.2) is 4.52 Å². The van der Waals surface area contributed by atoms with Crippen molar-refractivity contribution in [2.24, 2.45) is 0 Å². The van der Waals surface area contributed by atoms with Crippen LogP contribution in [0.3, 0.4) is 0 Å². The standard InChI is InChI=1S/C24H26N8O/c25-11-4-14-31-18-19(17-26-31)22-5-3-6-23-28-24(29-32(22)23)27-20-7-9-21(10-8-20)33-16-15-30-12-1-2-13-30/h3,5-10,17-18H,1-2,4,12-16H2,(H,27,29). The van der Waals surface area contributed by atoms with Gasteiger partial charge in [-0.1, -0.05) is 6.07 Å². The Kier molecular flexibility index (Phi) is 6.17. The van der Waals surface area contributed by atoms with Crippen molar-refractivity contribution in [1.82, 2.24) is 29.3 Å². The van der Waals surface area contributed by atoms with E-state index in [0.717, 1.165) is 34.9 Å². The number of likely N-dealkylation sites (tertiary alicyclic amines) is 1. The highest BCUT2D eigenvalue weighted by atomic mass is 16.5. The van der Waals surface area contributed by atoms with Crippen LogP contribution in [0, 0.1) is 11.3 Å². The highest BCUT2D eigenvalue weighted by molar-refractivity contribution is 5.63. The van der Waals surface area contributed by atoms with Crippen LogP contribution in [0.1, 0.15) is 19.3 Å². The molecule has 1 N–H and O–H groups in total. The Morgan fingerprint density at radius 3 is 2.73 bits per heavy atom. The number of nitriles is 1. The van der Waals surface area contributed by atoms with Gasteiger partial charge in [-0.2, -0.15) is 15.3 Å². The molecule has 0 radical (unpaired) electrons.